The van der Waals surface area contributed by atoms with Crippen molar-refractivity contribution >= 4 is 15.9 Å². The molecule has 0 spiro atoms. The van der Waals surface area contributed by atoms with Gasteiger partial charge < -0.3 is 4.74 Å². The Morgan fingerprint density at radius 1 is 1.35 bits per heavy atom. The predicted molar refractivity (Wildman–Crippen MR) is 72.5 cm³/mol. The maximum atomic E-state index is 5.73. The SMILES string of the molecule is Cc1cc(Br)cc(C(NN)C2CCOCC2)c1. The molecule has 1 atom stereocenters. The Bertz CT molecular complexity index is 357. The molecule has 4 heteroatoms. The summed E-state index contributed by atoms with van der Waals surface area (Å²) in [6.45, 7) is 3.79. The second kappa shape index (κ2) is 5.96. The number of nitrogens with two attached hydrogens (primary N) is 1. The highest BCUT2D eigenvalue weighted by molar-refractivity contribution is 9.10. The van der Waals surface area contributed by atoms with Crippen LogP contribution in [0.3, 0.4) is 0 Å². The number of ether oxygens (including phenoxy) is 1. The first-order valence-electron chi connectivity index (χ1n) is 6.01. The topological polar surface area (TPSA) is 47.3 Å². The summed E-state index contributed by atoms with van der Waals surface area (Å²) in [5, 5.41) is 0. The molecule has 94 valence electrons. The highest BCUT2D eigenvalue weighted by Crippen LogP contribution is 2.31. The fourth-order valence-corrected chi connectivity index (χ4v) is 3.12. The lowest BCUT2D eigenvalue weighted by Gasteiger charge is -2.30. The normalized spacial score (nSPS) is 19.2. The van der Waals surface area contributed by atoms with Crippen LogP contribution >= 0.6 is 15.9 Å². The molecule has 1 unspecified atom stereocenters. The number of hydrogen-bond acceptors (Lipinski definition) is 3. The van der Waals surface area contributed by atoms with E-state index in [0.29, 0.717) is 5.92 Å². The maximum Gasteiger partial charge on any atom is 0.0490 e. The molecule has 1 aliphatic heterocycles. The van der Waals surface area contributed by atoms with Crippen LogP contribution in [0.4, 0.5) is 0 Å². The van der Waals surface area contributed by atoms with Crippen LogP contribution in [0.1, 0.15) is 30.0 Å². The molecule has 1 aliphatic rings. The predicted octanol–water partition coefficient (Wildman–Crippen LogP) is 2.69. The summed E-state index contributed by atoms with van der Waals surface area (Å²) in [5.41, 5.74) is 5.47. The third-order valence-corrected chi connectivity index (χ3v) is 3.80. The lowest BCUT2D eigenvalue weighted by molar-refractivity contribution is 0.0536. The van der Waals surface area contributed by atoms with E-state index in [-0.39, 0.29) is 6.04 Å². The van der Waals surface area contributed by atoms with Crippen LogP contribution < -0.4 is 11.3 Å². The van der Waals surface area contributed by atoms with Crippen molar-refractivity contribution in [3.63, 3.8) is 0 Å². The number of rotatable bonds is 3. The van der Waals surface area contributed by atoms with Crippen molar-refractivity contribution in [1.29, 1.82) is 0 Å². The number of hydrogen-bond donors (Lipinski definition) is 2. The lowest BCUT2D eigenvalue weighted by Crippen LogP contribution is -2.36. The Labute approximate surface area is 111 Å². The summed E-state index contributed by atoms with van der Waals surface area (Å²) in [6, 6.07) is 6.67. The summed E-state index contributed by atoms with van der Waals surface area (Å²) in [5.74, 6) is 6.29. The first-order valence-corrected chi connectivity index (χ1v) is 6.81. The van der Waals surface area contributed by atoms with E-state index in [1.165, 1.54) is 11.1 Å². The van der Waals surface area contributed by atoms with Crippen LogP contribution in [-0.4, -0.2) is 13.2 Å². The van der Waals surface area contributed by atoms with Crippen LogP contribution in [0, 0.1) is 12.8 Å². The van der Waals surface area contributed by atoms with Gasteiger partial charge in [-0.15, -0.1) is 0 Å². The van der Waals surface area contributed by atoms with Gasteiger partial charge in [-0.05, 0) is 48.9 Å². The quantitative estimate of drug-likeness (QED) is 0.666. The minimum atomic E-state index is 0.218. The van der Waals surface area contributed by atoms with E-state index in [1.54, 1.807) is 0 Å². The summed E-state index contributed by atoms with van der Waals surface area (Å²) in [6.07, 6.45) is 2.14. The van der Waals surface area contributed by atoms with Crippen molar-refractivity contribution in [2.24, 2.45) is 11.8 Å². The molecule has 0 saturated carbocycles. The second-order valence-corrected chi connectivity index (χ2v) is 5.57. The van der Waals surface area contributed by atoms with Gasteiger partial charge in [-0.2, -0.15) is 0 Å². The van der Waals surface area contributed by atoms with Crippen molar-refractivity contribution in [1.82, 2.24) is 5.43 Å². The molecule has 0 aliphatic carbocycles. The zero-order chi connectivity index (χ0) is 12.3. The molecule has 0 bridgehead atoms. The molecule has 0 radical (unpaired) electrons. The van der Waals surface area contributed by atoms with Crippen LogP contribution in [0.2, 0.25) is 0 Å². The first kappa shape index (κ1) is 13.0. The van der Waals surface area contributed by atoms with Gasteiger partial charge in [-0.25, -0.2) is 0 Å². The van der Waals surface area contributed by atoms with Gasteiger partial charge in [0.05, 0.1) is 0 Å². The lowest BCUT2D eigenvalue weighted by atomic mass is 9.87. The number of nitrogens with one attached hydrogen (secondary N) is 1. The molecule has 1 aromatic rings. The zero-order valence-electron chi connectivity index (χ0n) is 10.1. The molecule has 3 N–H and O–H groups in total. The monoisotopic (exact) mass is 298 g/mol. The van der Waals surface area contributed by atoms with Crippen molar-refractivity contribution < 1.29 is 4.74 Å². The van der Waals surface area contributed by atoms with Gasteiger partial charge in [0.2, 0.25) is 0 Å². The number of aryl methyl sites for hydroxylation is 1. The van der Waals surface area contributed by atoms with Crippen LogP contribution in [0.5, 0.6) is 0 Å². The largest absolute Gasteiger partial charge is 0.381 e. The van der Waals surface area contributed by atoms with Gasteiger partial charge in [0, 0.05) is 23.7 Å². The van der Waals surface area contributed by atoms with Gasteiger partial charge >= 0.3 is 0 Å². The summed E-state index contributed by atoms with van der Waals surface area (Å²) < 4.78 is 6.51. The van der Waals surface area contributed by atoms with Crippen LogP contribution in [-0.2, 0) is 4.74 Å². The average Bonchev–Trinajstić information content (AvgIpc) is 2.30. The summed E-state index contributed by atoms with van der Waals surface area (Å²) in [7, 11) is 0. The highest BCUT2D eigenvalue weighted by atomic mass is 79.9. The smallest absolute Gasteiger partial charge is 0.0490 e. The van der Waals surface area contributed by atoms with Crippen molar-refractivity contribution in [3.8, 4) is 0 Å². The third kappa shape index (κ3) is 3.28. The molecule has 0 aromatic heterocycles. The number of benzene rings is 1. The van der Waals surface area contributed by atoms with Crippen LogP contribution in [0.25, 0.3) is 0 Å². The Kier molecular flexibility index (Phi) is 4.56. The molecule has 1 fully saturated rings. The van der Waals surface area contributed by atoms with Gasteiger partial charge in [0.25, 0.3) is 0 Å². The van der Waals surface area contributed by atoms with E-state index in [0.717, 1.165) is 30.5 Å². The van der Waals surface area contributed by atoms with Gasteiger partial charge in [0.15, 0.2) is 0 Å². The van der Waals surface area contributed by atoms with Gasteiger partial charge in [-0.3, -0.25) is 11.3 Å². The summed E-state index contributed by atoms with van der Waals surface area (Å²) >= 11 is 3.54. The first-order chi connectivity index (χ1) is 8.20. The van der Waals surface area contributed by atoms with E-state index in [9.17, 15) is 0 Å². The van der Waals surface area contributed by atoms with E-state index in [2.05, 4.69) is 46.5 Å². The fourth-order valence-electron chi connectivity index (χ4n) is 2.50. The standard InChI is InChI=1S/C13H19BrN2O/c1-9-6-11(8-12(14)7-9)13(16-15)10-2-4-17-5-3-10/h6-8,10,13,16H,2-5,15H2,1H3. The van der Waals surface area contributed by atoms with Crippen molar-refractivity contribution in [2.75, 3.05) is 13.2 Å². The molecule has 0 amide bonds. The number of hydrazine groups is 1. The van der Waals surface area contributed by atoms with E-state index < -0.39 is 0 Å². The Balaban J connectivity index is 2.21. The Morgan fingerprint density at radius 2 is 2.06 bits per heavy atom. The molecular formula is C13H19BrN2O. The molecule has 1 heterocycles. The summed E-state index contributed by atoms with van der Waals surface area (Å²) in [4.78, 5) is 0. The third-order valence-electron chi connectivity index (χ3n) is 3.34. The van der Waals surface area contributed by atoms with Crippen LogP contribution in [0.15, 0.2) is 22.7 Å². The molecule has 3 nitrogen and oxygen atoms in total. The fraction of sp³-hybridized carbons (Fsp3) is 0.538. The van der Waals surface area contributed by atoms with E-state index in [1.807, 2.05) is 0 Å². The Morgan fingerprint density at radius 3 is 2.65 bits per heavy atom. The molecular weight excluding hydrogens is 280 g/mol. The maximum absolute atomic E-state index is 5.73. The van der Waals surface area contributed by atoms with Crippen molar-refractivity contribution in [3.05, 3.63) is 33.8 Å². The van der Waals surface area contributed by atoms with Gasteiger partial charge in [-0.1, -0.05) is 22.0 Å². The van der Waals surface area contributed by atoms with Gasteiger partial charge in [0.1, 0.15) is 0 Å². The second-order valence-electron chi connectivity index (χ2n) is 4.66. The molecule has 1 saturated heterocycles. The van der Waals surface area contributed by atoms with Crippen molar-refractivity contribution in [2.45, 2.75) is 25.8 Å². The van der Waals surface area contributed by atoms with E-state index in [4.69, 9.17) is 10.6 Å². The Hall–Kier alpha value is -0.420. The number of halogens is 1. The van der Waals surface area contributed by atoms with E-state index >= 15 is 0 Å². The minimum Gasteiger partial charge on any atom is -0.381 e. The molecule has 1 aromatic carbocycles. The minimum absolute atomic E-state index is 0.218. The average molecular weight is 299 g/mol. The highest BCUT2D eigenvalue weighted by Gasteiger charge is 2.24. The molecule has 17 heavy (non-hydrogen) atoms. The molecule has 2 rings (SSSR count). The zero-order valence-corrected chi connectivity index (χ0v) is 11.7.